The van der Waals surface area contributed by atoms with Gasteiger partial charge in [0.1, 0.15) is 0 Å². The van der Waals surface area contributed by atoms with Crippen LogP contribution < -0.4 is 14.2 Å². The van der Waals surface area contributed by atoms with E-state index in [0.29, 0.717) is 22.8 Å². The first-order valence-electron chi connectivity index (χ1n) is 6.13. The number of hydrogen-bond donors (Lipinski definition) is 0. The van der Waals surface area contributed by atoms with Crippen molar-refractivity contribution in [1.82, 2.24) is 0 Å². The lowest BCUT2D eigenvalue weighted by Gasteiger charge is -2.15. The van der Waals surface area contributed by atoms with E-state index in [1.54, 1.807) is 33.5 Å². The highest BCUT2D eigenvalue weighted by Crippen LogP contribution is 2.39. The Morgan fingerprint density at radius 2 is 1.79 bits per heavy atom. The summed E-state index contributed by atoms with van der Waals surface area (Å²) in [7, 11) is 4.66. The van der Waals surface area contributed by atoms with Gasteiger partial charge < -0.3 is 14.2 Å². The predicted molar refractivity (Wildman–Crippen MR) is 75.9 cm³/mol. The third kappa shape index (κ3) is 2.81. The summed E-state index contributed by atoms with van der Waals surface area (Å²) < 4.78 is 15.8. The van der Waals surface area contributed by atoms with Crippen molar-refractivity contribution in [3.63, 3.8) is 0 Å². The second kappa shape index (κ2) is 6.19. The minimum Gasteiger partial charge on any atom is -0.493 e. The maximum atomic E-state index is 12.4. The Kier molecular flexibility index (Phi) is 4.58. The van der Waals surface area contributed by atoms with Crippen molar-refractivity contribution in [3.8, 4) is 17.2 Å². The number of carbonyl (C=O) groups is 1. The highest BCUT2D eigenvalue weighted by Gasteiger charge is 2.26. The van der Waals surface area contributed by atoms with E-state index >= 15 is 0 Å². The first-order valence-corrected chi connectivity index (χ1v) is 7.28. The summed E-state index contributed by atoms with van der Waals surface area (Å²) in [5.74, 6) is 3.78. The van der Waals surface area contributed by atoms with Crippen LogP contribution in [-0.2, 0) is 0 Å². The van der Waals surface area contributed by atoms with Crippen LogP contribution in [0, 0.1) is 5.92 Å². The van der Waals surface area contributed by atoms with Gasteiger partial charge in [-0.15, -0.1) is 0 Å². The monoisotopic (exact) mass is 282 g/mol. The van der Waals surface area contributed by atoms with Crippen LogP contribution in [0.2, 0.25) is 0 Å². The summed E-state index contributed by atoms with van der Waals surface area (Å²) in [5, 5.41) is 0. The minimum atomic E-state index is 0.104. The number of rotatable bonds is 5. The molecular formula is C14H18O4S. The molecule has 0 saturated carbocycles. The van der Waals surface area contributed by atoms with Crippen LogP contribution in [-0.4, -0.2) is 38.6 Å². The average Bonchev–Trinajstić information content (AvgIpc) is 2.98. The maximum Gasteiger partial charge on any atom is 0.203 e. The normalized spacial score (nSPS) is 18.2. The maximum absolute atomic E-state index is 12.4. The first kappa shape index (κ1) is 14.1. The number of thioether (sulfide) groups is 1. The van der Waals surface area contributed by atoms with Crippen LogP contribution in [0.4, 0.5) is 0 Å². The van der Waals surface area contributed by atoms with Crippen molar-refractivity contribution in [2.45, 2.75) is 6.42 Å². The van der Waals surface area contributed by atoms with Gasteiger partial charge in [-0.2, -0.15) is 11.8 Å². The average molecular weight is 282 g/mol. The zero-order chi connectivity index (χ0) is 13.8. The van der Waals surface area contributed by atoms with Crippen LogP contribution in [0.1, 0.15) is 16.8 Å². The van der Waals surface area contributed by atoms with E-state index < -0.39 is 0 Å². The standard InChI is InChI=1S/C14H18O4S/c1-16-11-6-10(7-12(17-2)14(11)18-3)13(15)9-4-5-19-8-9/h6-7,9H,4-5,8H2,1-3H3. The fourth-order valence-corrected chi connectivity index (χ4v) is 3.42. The molecule has 1 aliphatic rings. The third-order valence-corrected chi connectivity index (χ3v) is 4.41. The third-order valence-electron chi connectivity index (χ3n) is 3.25. The van der Waals surface area contributed by atoms with E-state index in [9.17, 15) is 4.79 Å². The summed E-state index contributed by atoms with van der Waals surface area (Å²) in [4.78, 5) is 12.4. The zero-order valence-electron chi connectivity index (χ0n) is 11.4. The number of ether oxygens (including phenoxy) is 3. The van der Waals surface area contributed by atoms with Gasteiger partial charge >= 0.3 is 0 Å². The fourth-order valence-electron chi connectivity index (χ4n) is 2.20. The molecule has 1 aliphatic heterocycles. The molecule has 0 amide bonds. The van der Waals surface area contributed by atoms with Crippen molar-refractivity contribution >= 4 is 17.5 Å². The molecule has 4 nitrogen and oxygen atoms in total. The minimum absolute atomic E-state index is 0.104. The Morgan fingerprint density at radius 1 is 1.16 bits per heavy atom. The second-order valence-electron chi connectivity index (χ2n) is 4.34. The second-order valence-corrected chi connectivity index (χ2v) is 5.49. The van der Waals surface area contributed by atoms with Crippen molar-refractivity contribution in [2.24, 2.45) is 5.92 Å². The first-order chi connectivity index (χ1) is 9.21. The lowest BCUT2D eigenvalue weighted by atomic mass is 9.96. The lowest BCUT2D eigenvalue weighted by Crippen LogP contribution is -2.14. The van der Waals surface area contributed by atoms with E-state index in [1.165, 1.54) is 0 Å². The summed E-state index contributed by atoms with van der Waals surface area (Å²) in [5.41, 5.74) is 0.627. The Labute approximate surface area is 117 Å². The van der Waals surface area contributed by atoms with E-state index in [0.717, 1.165) is 17.9 Å². The molecule has 1 aromatic carbocycles. The number of hydrogen-bond acceptors (Lipinski definition) is 5. The SMILES string of the molecule is COc1cc(C(=O)C2CCSC2)cc(OC)c1OC. The molecule has 0 bridgehead atoms. The Balaban J connectivity index is 2.37. The predicted octanol–water partition coefficient (Wildman–Crippen LogP) is 2.65. The van der Waals surface area contributed by atoms with Gasteiger partial charge in [-0.1, -0.05) is 0 Å². The molecule has 1 heterocycles. The number of carbonyl (C=O) groups excluding carboxylic acids is 1. The lowest BCUT2D eigenvalue weighted by molar-refractivity contribution is 0.0933. The van der Waals surface area contributed by atoms with Crippen molar-refractivity contribution in [3.05, 3.63) is 17.7 Å². The summed E-state index contributed by atoms with van der Waals surface area (Å²) >= 11 is 1.82. The van der Waals surface area contributed by atoms with Gasteiger partial charge in [0, 0.05) is 17.2 Å². The molecule has 5 heteroatoms. The van der Waals surface area contributed by atoms with E-state index in [1.807, 2.05) is 11.8 Å². The Bertz CT molecular complexity index is 442. The van der Waals surface area contributed by atoms with Crippen LogP contribution >= 0.6 is 11.8 Å². The molecular weight excluding hydrogens is 264 g/mol. The largest absolute Gasteiger partial charge is 0.493 e. The number of ketones is 1. The van der Waals surface area contributed by atoms with Crippen LogP contribution in [0.5, 0.6) is 17.2 Å². The molecule has 0 N–H and O–H groups in total. The van der Waals surface area contributed by atoms with Gasteiger partial charge in [0.15, 0.2) is 17.3 Å². The van der Waals surface area contributed by atoms with Crippen LogP contribution in [0.25, 0.3) is 0 Å². The number of benzene rings is 1. The van der Waals surface area contributed by atoms with Gasteiger partial charge in [0.2, 0.25) is 5.75 Å². The number of methoxy groups -OCH3 is 3. The molecule has 19 heavy (non-hydrogen) atoms. The van der Waals surface area contributed by atoms with Crippen molar-refractivity contribution in [2.75, 3.05) is 32.8 Å². The van der Waals surface area contributed by atoms with Crippen LogP contribution in [0.3, 0.4) is 0 Å². The van der Waals surface area contributed by atoms with Gasteiger partial charge in [-0.05, 0) is 24.3 Å². The molecule has 2 rings (SSSR count). The van der Waals surface area contributed by atoms with Crippen molar-refractivity contribution in [1.29, 1.82) is 0 Å². The Morgan fingerprint density at radius 3 is 2.21 bits per heavy atom. The molecule has 104 valence electrons. The smallest absolute Gasteiger partial charge is 0.203 e. The van der Waals surface area contributed by atoms with E-state index in [-0.39, 0.29) is 11.7 Å². The molecule has 0 aliphatic carbocycles. The summed E-state index contributed by atoms with van der Waals surface area (Å²) in [6.07, 6.45) is 0.945. The number of Topliss-reactive ketones (excluding diaryl/α,β-unsaturated/α-hetero) is 1. The highest BCUT2D eigenvalue weighted by molar-refractivity contribution is 7.99. The topological polar surface area (TPSA) is 44.8 Å². The molecule has 0 spiro atoms. The van der Waals surface area contributed by atoms with E-state index in [4.69, 9.17) is 14.2 Å². The van der Waals surface area contributed by atoms with Gasteiger partial charge in [0.05, 0.1) is 21.3 Å². The molecule has 1 aromatic rings. The fraction of sp³-hybridized carbons (Fsp3) is 0.500. The highest BCUT2D eigenvalue weighted by atomic mass is 32.2. The molecule has 0 aromatic heterocycles. The van der Waals surface area contributed by atoms with Gasteiger partial charge in [0.25, 0.3) is 0 Å². The zero-order valence-corrected chi connectivity index (χ0v) is 12.2. The summed E-state index contributed by atoms with van der Waals surface area (Å²) in [6, 6.07) is 3.46. The van der Waals surface area contributed by atoms with Crippen molar-refractivity contribution < 1.29 is 19.0 Å². The molecule has 1 fully saturated rings. The van der Waals surface area contributed by atoms with Crippen LogP contribution in [0.15, 0.2) is 12.1 Å². The summed E-state index contributed by atoms with van der Waals surface area (Å²) in [6.45, 7) is 0. The Hall–Kier alpha value is -1.36. The molecule has 0 radical (unpaired) electrons. The van der Waals surface area contributed by atoms with Gasteiger partial charge in [-0.25, -0.2) is 0 Å². The molecule has 1 unspecified atom stereocenters. The van der Waals surface area contributed by atoms with Gasteiger partial charge in [-0.3, -0.25) is 4.79 Å². The quantitative estimate of drug-likeness (QED) is 0.777. The van der Waals surface area contributed by atoms with E-state index in [2.05, 4.69) is 0 Å². The molecule has 1 atom stereocenters. The molecule has 1 saturated heterocycles.